The van der Waals surface area contributed by atoms with Crippen LogP contribution in [0.25, 0.3) is 11.0 Å². The average molecular weight is 457 g/mol. The van der Waals surface area contributed by atoms with E-state index in [1.54, 1.807) is 37.3 Å². The summed E-state index contributed by atoms with van der Waals surface area (Å²) in [5.41, 5.74) is 0.806. The summed E-state index contributed by atoms with van der Waals surface area (Å²) < 4.78 is 11.4. The van der Waals surface area contributed by atoms with Gasteiger partial charge in [0, 0.05) is 20.4 Å². The highest BCUT2D eigenvalue weighted by molar-refractivity contribution is 9.10. The quantitative estimate of drug-likeness (QED) is 0.467. The number of fused-ring (bicyclic) bond motifs is 1. The molecule has 1 heterocycles. The number of halogens is 3. The van der Waals surface area contributed by atoms with Gasteiger partial charge in [-0.15, -0.1) is 0 Å². The molecule has 0 radical (unpaired) electrons. The van der Waals surface area contributed by atoms with Gasteiger partial charge in [0.1, 0.15) is 5.69 Å². The third-order valence-electron chi connectivity index (χ3n) is 3.52. The van der Waals surface area contributed by atoms with Gasteiger partial charge >= 0.3 is 6.09 Å². The van der Waals surface area contributed by atoms with Gasteiger partial charge in [-0.2, -0.15) is 0 Å². The van der Waals surface area contributed by atoms with E-state index in [1.807, 2.05) is 0 Å². The molecule has 0 aliphatic carbocycles. The number of ketones is 1. The molecule has 0 bridgehead atoms. The standard InChI is InChI=1S/C18H12BrCl2NO4/c1-2-25-18(24)22-14-12-7-11(20)8-13(21)16(12)26-17(14)15(23)9-3-5-10(19)6-4-9/h3-8H,2H2,1H3,(H,22,24). The SMILES string of the molecule is CCOC(=O)Nc1c(C(=O)c2ccc(Br)cc2)oc2c(Cl)cc(Cl)cc12. The summed E-state index contributed by atoms with van der Waals surface area (Å²) in [6, 6.07) is 9.81. The zero-order valence-corrected chi connectivity index (χ0v) is 16.5. The van der Waals surface area contributed by atoms with E-state index in [0.717, 1.165) is 4.47 Å². The van der Waals surface area contributed by atoms with E-state index in [-0.39, 0.29) is 28.7 Å². The number of hydrogen-bond acceptors (Lipinski definition) is 4. The minimum atomic E-state index is -0.712. The van der Waals surface area contributed by atoms with Crippen molar-refractivity contribution in [1.29, 1.82) is 0 Å². The maximum atomic E-state index is 12.9. The lowest BCUT2D eigenvalue weighted by molar-refractivity contribution is 0.101. The van der Waals surface area contributed by atoms with Gasteiger partial charge in [-0.3, -0.25) is 10.1 Å². The molecule has 0 saturated carbocycles. The van der Waals surface area contributed by atoms with Gasteiger partial charge in [0.15, 0.2) is 11.3 Å². The number of carbonyl (C=O) groups excluding carboxylic acids is 2. The van der Waals surface area contributed by atoms with Crippen molar-refractivity contribution in [2.45, 2.75) is 6.92 Å². The summed E-state index contributed by atoms with van der Waals surface area (Å²) in [7, 11) is 0. The number of anilines is 1. The first-order chi connectivity index (χ1) is 12.4. The molecule has 1 amide bonds. The topological polar surface area (TPSA) is 68.5 Å². The van der Waals surface area contributed by atoms with Crippen LogP contribution in [-0.2, 0) is 4.74 Å². The van der Waals surface area contributed by atoms with Crippen molar-refractivity contribution >= 4 is 67.7 Å². The number of furan rings is 1. The Bertz CT molecular complexity index is 999. The Labute approximate surface area is 167 Å². The molecular weight excluding hydrogens is 445 g/mol. The van der Waals surface area contributed by atoms with Crippen molar-refractivity contribution < 1.29 is 18.7 Å². The van der Waals surface area contributed by atoms with Crippen LogP contribution >= 0.6 is 39.1 Å². The highest BCUT2D eigenvalue weighted by atomic mass is 79.9. The fraction of sp³-hybridized carbons (Fsp3) is 0.111. The summed E-state index contributed by atoms with van der Waals surface area (Å²) in [6.07, 6.45) is -0.712. The van der Waals surface area contributed by atoms with Crippen LogP contribution in [0, 0.1) is 0 Å². The van der Waals surface area contributed by atoms with Gasteiger partial charge in [0.2, 0.25) is 5.78 Å². The van der Waals surface area contributed by atoms with Crippen molar-refractivity contribution in [2.75, 3.05) is 11.9 Å². The Morgan fingerprint density at radius 3 is 2.54 bits per heavy atom. The molecule has 0 fully saturated rings. The molecule has 0 unspecified atom stereocenters. The largest absolute Gasteiger partial charge is 0.450 e. The van der Waals surface area contributed by atoms with Crippen molar-refractivity contribution in [3.05, 3.63) is 62.2 Å². The van der Waals surface area contributed by atoms with Crippen LogP contribution in [0.1, 0.15) is 23.0 Å². The highest BCUT2D eigenvalue weighted by Gasteiger charge is 2.25. The number of amides is 1. The molecule has 5 nitrogen and oxygen atoms in total. The van der Waals surface area contributed by atoms with Crippen LogP contribution in [0.5, 0.6) is 0 Å². The van der Waals surface area contributed by atoms with Crippen molar-refractivity contribution in [2.24, 2.45) is 0 Å². The second kappa shape index (κ2) is 7.70. The van der Waals surface area contributed by atoms with Crippen LogP contribution in [0.15, 0.2) is 45.3 Å². The molecule has 0 saturated heterocycles. The first kappa shape index (κ1) is 18.8. The van der Waals surface area contributed by atoms with Crippen LogP contribution in [0.4, 0.5) is 10.5 Å². The molecule has 8 heteroatoms. The van der Waals surface area contributed by atoms with Crippen molar-refractivity contribution in [3.8, 4) is 0 Å². The maximum Gasteiger partial charge on any atom is 0.411 e. The number of carbonyl (C=O) groups is 2. The molecule has 1 aromatic heterocycles. The van der Waals surface area contributed by atoms with E-state index in [4.69, 9.17) is 32.4 Å². The summed E-state index contributed by atoms with van der Waals surface area (Å²) in [4.78, 5) is 24.8. The van der Waals surface area contributed by atoms with Crippen LogP contribution < -0.4 is 5.32 Å². The molecule has 0 aliphatic heterocycles. The minimum absolute atomic E-state index is 0.0560. The lowest BCUT2D eigenvalue weighted by Gasteiger charge is -2.06. The summed E-state index contributed by atoms with van der Waals surface area (Å²) in [5.74, 6) is -0.466. The zero-order chi connectivity index (χ0) is 18.8. The normalized spacial score (nSPS) is 10.8. The number of rotatable bonds is 4. The van der Waals surface area contributed by atoms with Gasteiger partial charge in [-0.1, -0.05) is 39.1 Å². The second-order valence-electron chi connectivity index (χ2n) is 5.25. The Balaban J connectivity index is 2.16. The van der Waals surface area contributed by atoms with Crippen molar-refractivity contribution in [3.63, 3.8) is 0 Å². The predicted molar refractivity (Wildman–Crippen MR) is 104 cm³/mol. The average Bonchev–Trinajstić information content (AvgIpc) is 2.94. The maximum absolute atomic E-state index is 12.9. The molecular formula is C18H12BrCl2NO4. The molecule has 3 aromatic rings. The predicted octanol–water partition coefficient (Wildman–Crippen LogP) is 6.30. The highest BCUT2D eigenvalue weighted by Crippen LogP contribution is 2.38. The van der Waals surface area contributed by atoms with Gasteiger partial charge in [0.05, 0.1) is 11.6 Å². The fourth-order valence-corrected chi connectivity index (χ4v) is 3.21. The van der Waals surface area contributed by atoms with E-state index < -0.39 is 11.9 Å². The second-order valence-corrected chi connectivity index (χ2v) is 7.01. The smallest absolute Gasteiger partial charge is 0.411 e. The van der Waals surface area contributed by atoms with Gasteiger partial charge in [-0.25, -0.2) is 4.79 Å². The van der Waals surface area contributed by atoms with E-state index in [1.165, 1.54) is 6.07 Å². The Morgan fingerprint density at radius 2 is 1.88 bits per heavy atom. The Hall–Kier alpha value is -2.02. The Kier molecular flexibility index (Phi) is 5.55. The molecule has 0 spiro atoms. The number of nitrogens with one attached hydrogen (secondary N) is 1. The lowest BCUT2D eigenvalue weighted by atomic mass is 10.1. The molecule has 1 N–H and O–H groups in total. The molecule has 0 aliphatic rings. The summed E-state index contributed by atoms with van der Waals surface area (Å²) in [6.45, 7) is 1.85. The van der Waals surface area contributed by atoms with Gasteiger partial charge < -0.3 is 9.15 Å². The zero-order valence-electron chi connectivity index (χ0n) is 13.4. The molecule has 3 rings (SSSR count). The molecule has 26 heavy (non-hydrogen) atoms. The number of ether oxygens (including phenoxy) is 1. The van der Waals surface area contributed by atoms with Gasteiger partial charge in [-0.05, 0) is 43.3 Å². The van der Waals surface area contributed by atoms with Crippen LogP contribution in [0.3, 0.4) is 0 Å². The Morgan fingerprint density at radius 1 is 1.19 bits per heavy atom. The monoisotopic (exact) mass is 455 g/mol. The van der Waals surface area contributed by atoms with Gasteiger partial charge in [0.25, 0.3) is 0 Å². The molecule has 2 aromatic carbocycles. The van der Waals surface area contributed by atoms with E-state index in [0.29, 0.717) is 16.0 Å². The first-order valence-electron chi connectivity index (χ1n) is 7.56. The number of benzene rings is 2. The lowest BCUT2D eigenvalue weighted by Crippen LogP contribution is -2.15. The summed E-state index contributed by atoms with van der Waals surface area (Å²) in [5, 5.41) is 3.54. The van der Waals surface area contributed by atoms with E-state index in [2.05, 4.69) is 21.2 Å². The van der Waals surface area contributed by atoms with Crippen molar-refractivity contribution in [1.82, 2.24) is 0 Å². The fourth-order valence-electron chi connectivity index (χ4n) is 2.41. The summed E-state index contributed by atoms with van der Waals surface area (Å²) >= 11 is 15.6. The van der Waals surface area contributed by atoms with E-state index >= 15 is 0 Å². The third-order valence-corrected chi connectivity index (χ3v) is 4.55. The first-order valence-corrected chi connectivity index (χ1v) is 9.11. The molecule has 0 atom stereocenters. The van der Waals surface area contributed by atoms with E-state index in [9.17, 15) is 9.59 Å². The van der Waals surface area contributed by atoms with Crippen LogP contribution in [-0.4, -0.2) is 18.5 Å². The minimum Gasteiger partial charge on any atom is -0.450 e. The van der Waals surface area contributed by atoms with Crippen LogP contribution in [0.2, 0.25) is 10.0 Å². The molecule has 134 valence electrons. The third kappa shape index (κ3) is 3.72. The number of hydrogen-bond donors (Lipinski definition) is 1.